The summed E-state index contributed by atoms with van der Waals surface area (Å²) in [4.78, 5) is 68.6. The number of ether oxygens (including phenoxy) is 5. The molecule has 5 heterocycles. The first-order valence-electron chi connectivity index (χ1n) is 24.2. The first-order valence-corrected chi connectivity index (χ1v) is 25.7. The number of nitrogens with one attached hydrogen (secondary N) is 3. The quantitative estimate of drug-likeness (QED) is 0.164. The number of halogens is 3. The third-order valence-corrected chi connectivity index (χ3v) is 16.0. The summed E-state index contributed by atoms with van der Waals surface area (Å²) in [6.07, 6.45) is -3.25. The van der Waals surface area contributed by atoms with Crippen molar-refractivity contribution in [1.29, 1.82) is 0 Å². The number of aromatic nitrogens is 2. The van der Waals surface area contributed by atoms with Crippen molar-refractivity contribution in [3.05, 3.63) is 72.9 Å². The molecular weight excluding hydrogens is 950 g/mol. The number of alkyl halides is 3. The van der Waals surface area contributed by atoms with E-state index in [1.807, 2.05) is 38.1 Å². The monoisotopic (exact) mass is 1010 g/mol. The number of sulfonamides is 1. The van der Waals surface area contributed by atoms with Crippen molar-refractivity contribution < 1.29 is 64.5 Å². The fourth-order valence-corrected chi connectivity index (χ4v) is 10.6. The molecule has 3 aliphatic heterocycles. The fraction of sp³-hybridized carbons (Fsp3) is 0.560. The molecule has 3 aromatic rings. The molecule has 71 heavy (non-hydrogen) atoms. The van der Waals surface area contributed by atoms with Gasteiger partial charge < -0.3 is 39.2 Å². The van der Waals surface area contributed by atoms with Crippen LogP contribution in [0.2, 0.25) is 0 Å². The molecule has 2 unspecified atom stereocenters. The summed E-state index contributed by atoms with van der Waals surface area (Å²) in [7, 11) is -4.14. The molecule has 2 saturated heterocycles. The molecule has 4 amide bonds. The molecule has 0 spiro atoms. The van der Waals surface area contributed by atoms with Crippen molar-refractivity contribution in [3.8, 4) is 34.1 Å². The molecule has 5 aliphatic rings. The highest BCUT2D eigenvalue weighted by atomic mass is 32.2. The van der Waals surface area contributed by atoms with Crippen molar-refractivity contribution in [3.63, 3.8) is 0 Å². The third kappa shape index (κ3) is 11.3. The van der Waals surface area contributed by atoms with Gasteiger partial charge in [0.2, 0.25) is 27.4 Å². The Morgan fingerprint density at radius 1 is 1.03 bits per heavy atom. The van der Waals surface area contributed by atoms with Crippen molar-refractivity contribution in [2.75, 3.05) is 19.8 Å². The van der Waals surface area contributed by atoms with Crippen LogP contribution in [-0.4, -0.2) is 125 Å². The lowest BCUT2D eigenvalue weighted by molar-refractivity contribution is -0.285. The fourth-order valence-electron chi connectivity index (χ4n) is 9.30. The second kappa shape index (κ2) is 20.4. The molecule has 0 bridgehead atoms. The van der Waals surface area contributed by atoms with E-state index in [0.29, 0.717) is 54.1 Å². The number of amides is 4. The Labute approximate surface area is 411 Å². The second-order valence-corrected chi connectivity index (χ2v) is 21.9. The van der Waals surface area contributed by atoms with Gasteiger partial charge in [0.1, 0.15) is 35.2 Å². The summed E-state index contributed by atoms with van der Waals surface area (Å²) in [6, 6.07) is 12.9. The van der Waals surface area contributed by atoms with Crippen molar-refractivity contribution in [2.24, 2.45) is 5.92 Å². The van der Waals surface area contributed by atoms with Crippen LogP contribution in [-0.2, 0) is 38.6 Å². The Hall–Kier alpha value is -5.80. The molecular formula is C50H61F3N6O11S. The van der Waals surface area contributed by atoms with Crippen LogP contribution in [0.4, 0.5) is 18.0 Å². The van der Waals surface area contributed by atoms with Gasteiger partial charge in [0, 0.05) is 49.3 Å². The number of pyridine rings is 2. The standard InChI is InChI=1S/C50H61F3N6O11S/c1-6-41-42(56-46(63)70-48(50(51,52)53)19-11-23-66-29-48)44(61)59-28-36(69-35-24-38(32-15-17-34(18-16-32)67-30(2)3)55-39(25-35)37-14-9-10-22-54-37)26-40(59)43(60)57-49(27-33(49)13-8-7-12-31(4)68-41)45(62)58-71(64,65)47(5)20-21-47/h8-10,13-18,22,24-25,30-31,33,36,40-42H,6-7,11-12,19-21,23,26-29H2,1-5H3,(H,56,63)(H,57,60)(H,58,62)/b13-8-/t31-,33?,36-,40+,41+,42+,48?,49-/m1/s1. The molecule has 1 aromatic carbocycles. The average molecular weight is 1010 g/mol. The first kappa shape index (κ1) is 51.6. The van der Waals surface area contributed by atoms with E-state index in [0.717, 1.165) is 4.90 Å². The van der Waals surface area contributed by atoms with Crippen LogP contribution in [0.3, 0.4) is 0 Å². The minimum Gasteiger partial charge on any atom is -0.491 e. The Balaban J connectivity index is 1.16. The van der Waals surface area contributed by atoms with Gasteiger partial charge in [-0.3, -0.25) is 24.1 Å². The Morgan fingerprint density at radius 2 is 1.77 bits per heavy atom. The first-order chi connectivity index (χ1) is 33.6. The molecule has 384 valence electrons. The summed E-state index contributed by atoms with van der Waals surface area (Å²) in [5.41, 5.74) is -2.53. The van der Waals surface area contributed by atoms with Crippen molar-refractivity contribution in [1.82, 2.24) is 30.2 Å². The highest BCUT2D eigenvalue weighted by Gasteiger charge is 2.64. The smallest absolute Gasteiger partial charge is 0.430 e. The van der Waals surface area contributed by atoms with Gasteiger partial charge in [0.15, 0.2) is 0 Å². The van der Waals surface area contributed by atoms with E-state index < -0.39 is 105 Å². The van der Waals surface area contributed by atoms with E-state index in [2.05, 4.69) is 20.3 Å². The number of rotatable bonds is 12. The lowest BCUT2D eigenvalue weighted by atomic mass is 9.96. The van der Waals surface area contributed by atoms with Crippen LogP contribution >= 0.6 is 0 Å². The normalized spacial score (nSPS) is 29.3. The number of benzene rings is 1. The van der Waals surface area contributed by atoms with Gasteiger partial charge in [0.25, 0.3) is 5.91 Å². The number of carbonyl (C=O) groups excluding carboxylic acids is 4. The van der Waals surface area contributed by atoms with Crippen LogP contribution in [0.5, 0.6) is 11.5 Å². The third-order valence-electron chi connectivity index (χ3n) is 13.8. The maximum atomic E-state index is 15.3. The number of carbonyl (C=O) groups is 4. The number of allylic oxidation sites excluding steroid dienone is 1. The van der Waals surface area contributed by atoms with Gasteiger partial charge in [-0.05, 0) is 109 Å². The Bertz CT molecular complexity index is 2590. The molecule has 21 heteroatoms. The summed E-state index contributed by atoms with van der Waals surface area (Å²) in [5, 5.41) is 5.22. The minimum absolute atomic E-state index is 0.0372. The Morgan fingerprint density at radius 3 is 2.42 bits per heavy atom. The molecule has 3 N–H and O–H groups in total. The molecule has 4 fully saturated rings. The van der Waals surface area contributed by atoms with Gasteiger partial charge in [-0.15, -0.1) is 0 Å². The molecule has 8 rings (SSSR count). The van der Waals surface area contributed by atoms with Gasteiger partial charge in [-0.25, -0.2) is 18.2 Å². The molecule has 2 aliphatic carbocycles. The maximum absolute atomic E-state index is 15.3. The van der Waals surface area contributed by atoms with E-state index in [-0.39, 0.29) is 50.7 Å². The molecule has 8 atom stereocenters. The lowest BCUT2D eigenvalue weighted by Crippen LogP contribution is -2.62. The zero-order chi connectivity index (χ0) is 50.9. The van der Waals surface area contributed by atoms with Crippen LogP contribution in [0.25, 0.3) is 22.6 Å². The Kier molecular flexibility index (Phi) is 14.8. The van der Waals surface area contributed by atoms with Crippen molar-refractivity contribution >= 4 is 33.8 Å². The SMILES string of the molecule is CC[C@@H]1O[C@H](C)CC/C=C\C2C[C@@]2(C(=O)NS(=O)(=O)C2(C)CC2)NC(=O)[C@@H]2C[C@@H](Oc3cc(-c4ccc(OC(C)C)cc4)nc(-c4ccccn4)c3)CN2C(=O)[C@H]1NC(=O)OC1(C(F)(F)F)CCCOC1. The van der Waals surface area contributed by atoms with Crippen molar-refractivity contribution in [2.45, 2.75) is 151 Å². The zero-order valence-corrected chi connectivity index (χ0v) is 41.1. The van der Waals surface area contributed by atoms with E-state index in [9.17, 15) is 36.0 Å². The zero-order valence-electron chi connectivity index (χ0n) is 40.3. The molecule has 17 nitrogen and oxygen atoms in total. The summed E-state index contributed by atoms with van der Waals surface area (Å²) in [6.45, 7) is 7.60. The number of hydrogen-bond donors (Lipinski definition) is 3. The molecule has 0 radical (unpaired) electrons. The van der Waals surface area contributed by atoms with Gasteiger partial charge >= 0.3 is 12.3 Å². The number of alkyl carbamates (subject to hydrolysis) is 1. The maximum Gasteiger partial charge on any atom is 0.430 e. The van der Waals surface area contributed by atoms with Crippen LogP contribution in [0.15, 0.2) is 72.9 Å². The summed E-state index contributed by atoms with van der Waals surface area (Å²) >= 11 is 0. The van der Waals surface area contributed by atoms with Gasteiger partial charge in [0.05, 0.1) is 53.3 Å². The van der Waals surface area contributed by atoms with Gasteiger partial charge in [-0.1, -0.05) is 25.1 Å². The number of fused-ring (bicyclic) bond motifs is 2. The van der Waals surface area contributed by atoms with E-state index in [1.165, 1.54) is 6.92 Å². The predicted octanol–water partition coefficient (Wildman–Crippen LogP) is 6.56. The molecule has 2 saturated carbocycles. The van der Waals surface area contributed by atoms with Gasteiger partial charge in [-0.2, -0.15) is 13.2 Å². The summed E-state index contributed by atoms with van der Waals surface area (Å²) < 4.78 is 101. The highest BCUT2D eigenvalue weighted by molar-refractivity contribution is 7.91. The van der Waals surface area contributed by atoms with Crippen LogP contribution < -0.4 is 24.8 Å². The van der Waals surface area contributed by atoms with Crippen LogP contribution in [0, 0.1) is 5.92 Å². The van der Waals surface area contributed by atoms with E-state index >= 15 is 4.79 Å². The topological polar surface area (TPSA) is 214 Å². The number of nitrogens with zero attached hydrogens (tertiary/aromatic N) is 3. The highest BCUT2D eigenvalue weighted by Crippen LogP contribution is 2.48. The minimum atomic E-state index is -5.02. The second-order valence-electron chi connectivity index (χ2n) is 19.7. The number of hydrogen-bond acceptors (Lipinski definition) is 13. The van der Waals surface area contributed by atoms with E-state index in [4.69, 9.17) is 28.7 Å². The predicted molar refractivity (Wildman–Crippen MR) is 252 cm³/mol. The lowest BCUT2D eigenvalue weighted by Gasteiger charge is -2.38. The van der Waals surface area contributed by atoms with E-state index in [1.54, 1.807) is 62.5 Å². The van der Waals surface area contributed by atoms with Crippen LogP contribution in [0.1, 0.15) is 92.4 Å². The largest absolute Gasteiger partial charge is 0.491 e. The molecule has 2 aromatic heterocycles. The summed E-state index contributed by atoms with van der Waals surface area (Å²) in [5.74, 6) is -2.32. The average Bonchev–Trinajstić information content (AvgIpc) is 4.21.